The van der Waals surface area contributed by atoms with Crippen LogP contribution in [-0.4, -0.2) is 70.2 Å². The number of aromatic nitrogens is 1. The highest BCUT2D eigenvalue weighted by Gasteiger charge is 2.35. The molecule has 1 aromatic rings. The van der Waals surface area contributed by atoms with Crippen LogP contribution in [0.3, 0.4) is 0 Å². The van der Waals surface area contributed by atoms with Gasteiger partial charge in [-0.25, -0.2) is 4.79 Å². The molecule has 0 aromatic carbocycles. The number of carboxylic acid groups (broad SMARTS) is 1. The van der Waals surface area contributed by atoms with Crippen LogP contribution in [0.2, 0.25) is 0 Å². The van der Waals surface area contributed by atoms with E-state index in [1.54, 1.807) is 6.20 Å². The lowest BCUT2D eigenvalue weighted by atomic mass is 9.85. The maximum absolute atomic E-state index is 12.5. The highest BCUT2D eigenvalue weighted by molar-refractivity contribution is 5.74. The Labute approximate surface area is 160 Å². The van der Waals surface area contributed by atoms with Gasteiger partial charge in [-0.2, -0.15) is 0 Å². The minimum atomic E-state index is -0.793. The highest BCUT2D eigenvalue weighted by atomic mass is 16.4. The number of likely N-dealkylation sites (N-methyl/N-ethyl adjacent to an activating group) is 1. The number of likely N-dealkylation sites (tertiary alicyclic amines) is 1. The van der Waals surface area contributed by atoms with Gasteiger partial charge in [-0.1, -0.05) is 13.0 Å². The lowest BCUT2D eigenvalue weighted by Crippen LogP contribution is -2.57. The van der Waals surface area contributed by atoms with Crippen molar-refractivity contribution in [3.05, 3.63) is 30.1 Å². The topological polar surface area (TPSA) is 85.8 Å². The molecule has 1 aliphatic carbocycles. The predicted molar refractivity (Wildman–Crippen MR) is 102 cm³/mol. The second-order valence-electron chi connectivity index (χ2n) is 7.72. The molecule has 1 aliphatic heterocycles. The molecule has 27 heavy (non-hydrogen) atoms. The summed E-state index contributed by atoms with van der Waals surface area (Å²) in [5.74, 6) is -0.182. The molecule has 0 spiro atoms. The van der Waals surface area contributed by atoms with Crippen LogP contribution in [0.1, 0.15) is 38.2 Å². The van der Waals surface area contributed by atoms with E-state index in [0.29, 0.717) is 5.92 Å². The number of amides is 2. The molecule has 0 unspecified atom stereocenters. The summed E-state index contributed by atoms with van der Waals surface area (Å²) >= 11 is 0. The van der Waals surface area contributed by atoms with Crippen molar-refractivity contribution in [1.29, 1.82) is 0 Å². The quantitative estimate of drug-likeness (QED) is 0.762. The van der Waals surface area contributed by atoms with Crippen LogP contribution in [0.25, 0.3) is 0 Å². The van der Waals surface area contributed by atoms with Crippen molar-refractivity contribution < 1.29 is 14.7 Å². The van der Waals surface area contributed by atoms with E-state index in [1.807, 2.05) is 29.0 Å². The Kier molecular flexibility index (Phi) is 6.66. The van der Waals surface area contributed by atoms with Crippen molar-refractivity contribution in [3.8, 4) is 0 Å². The van der Waals surface area contributed by atoms with Crippen LogP contribution >= 0.6 is 0 Å². The Morgan fingerprint density at radius 1 is 1.33 bits per heavy atom. The molecular weight excluding hydrogens is 344 g/mol. The predicted octanol–water partition coefficient (Wildman–Crippen LogP) is 1.98. The SMILES string of the molecule is CCN(CC(=O)O)C1CC(NC(=O)N2CCC(Cc3cccnc3)CC2)C1. The summed E-state index contributed by atoms with van der Waals surface area (Å²) in [7, 11) is 0. The average Bonchev–Trinajstić information content (AvgIpc) is 2.64. The van der Waals surface area contributed by atoms with Crippen molar-refractivity contribution in [2.45, 2.75) is 51.1 Å². The van der Waals surface area contributed by atoms with Gasteiger partial charge in [0.1, 0.15) is 0 Å². The van der Waals surface area contributed by atoms with Gasteiger partial charge in [-0.3, -0.25) is 14.7 Å². The number of pyridine rings is 1. The van der Waals surface area contributed by atoms with Crippen molar-refractivity contribution in [2.24, 2.45) is 5.92 Å². The van der Waals surface area contributed by atoms with Crippen molar-refractivity contribution in [1.82, 2.24) is 20.1 Å². The van der Waals surface area contributed by atoms with Crippen molar-refractivity contribution in [2.75, 3.05) is 26.2 Å². The number of rotatable bonds is 7. The van der Waals surface area contributed by atoms with E-state index < -0.39 is 5.97 Å². The Morgan fingerprint density at radius 2 is 2.07 bits per heavy atom. The van der Waals surface area contributed by atoms with Gasteiger partial charge in [0.05, 0.1) is 6.54 Å². The zero-order chi connectivity index (χ0) is 19.2. The van der Waals surface area contributed by atoms with Gasteiger partial charge in [-0.15, -0.1) is 0 Å². The molecule has 2 aliphatic rings. The molecule has 1 saturated heterocycles. The zero-order valence-electron chi connectivity index (χ0n) is 16.0. The molecule has 0 atom stereocenters. The van der Waals surface area contributed by atoms with E-state index in [2.05, 4.69) is 16.4 Å². The first-order chi connectivity index (χ1) is 13.0. The molecular formula is C20H30N4O3. The standard InChI is InChI=1S/C20H30N4O3/c1-2-23(14-19(25)26)18-11-17(12-18)22-20(27)24-8-5-15(6-9-24)10-16-4-3-7-21-13-16/h3-4,7,13,15,17-18H,2,5-6,8-12,14H2,1H3,(H,22,27)(H,25,26). The lowest BCUT2D eigenvalue weighted by Gasteiger charge is -2.43. The van der Waals surface area contributed by atoms with Gasteiger partial charge in [0.25, 0.3) is 0 Å². The zero-order valence-corrected chi connectivity index (χ0v) is 16.0. The van der Waals surface area contributed by atoms with Crippen molar-refractivity contribution >= 4 is 12.0 Å². The van der Waals surface area contributed by atoms with E-state index in [9.17, 15) is 9.59 Å². The maximum Gasteiger partial charge on any atom is 0.317 e. The van der Waals surface area contributed by atoms with Gasteiger partial charge in [0.15, 0.2) is 0 Å². The Bertz CT molecular complexity index is 625. The first-order valence-electron chi connectivity index (χ1n) is 9.95. The second-order valence-corrected chi connectivity index (χ2v) is 7.72. The molecule has 2 N–H and O–H groups in total. The smallest absolute Gasteiger partial charge is 0.317 e. The fourth-order valence-electron chi connectivity index (χ4n) is 4.13. The van der Waals surface area contributed by atoms with E-state index in [-0.39, 0.29) is 24.7 Å². The third-order valence-electron chi connectivity index (χ3n) is 5.85. The number of nitrogens with zero attached hydrogens (tertiary/aromatic N) is 3. The van der Waals surface area contributed by atoms with Gasteiger partial charge in [-0.05, 0) is 56.2 Å². The molecule has 2 amide bonds. The van der Waals surface area contributed by atoms with Crippen LogP contribution in [-0.2, 0) is 11.2 Å². The van der Waals surface area contributed by atoms with E-state index >= 15 is 0 Å². The third-order valence-corrected chi connectivity index (χ3v) is 5.85. The number of aliphatic carboxylic acids is 1. The minimum Gasteiger partial charge on any atom is -0.480 e. The van der Waals surface area contributed by atoms with Crippen LogP contribution < -0.4 is 5.32 Å². The summed E-state index contributed by atoms with van der Waals surface area (Å²) in [5.41, 5.74) is 1.27. The molecule has 2 heterocycles. The molecule has 7 nitrogen and oxygen atoms in total. The third kappa shape index (κ3) is 5.42. The molecule has 1 aromatic heterocycles. The average molecular weight is 374 g/mol. The Hall–Kier alpha value is -2.15. The fraction of sp³-hybridized carbons (Fsp3) is 0.650. The van der Waals surface area contributed by atoms with Gasteiger partial charge in [0.2, 0.25) is 0 Å². The summed E-state index contributed by atoms with van der Waals surface area (Å²) in [6.07, 6.45) is 8.48. The number of hydrogen-bond acceptors (Lipinski definition) is 4. The number of carbonyl (C=O) groups is 2. The number of piperidine rings is 1. The molecule has 7 heteroatoms. The van der Waals surface area contributed by atoms with Gasteiger partial charge in [0, 0.05) is 37.6 Å². The summed E-state index contributed by atoms with van der Waals surface area (Å²) < 4.78 is 0. The maximum atomic E-state index is 12.5. The van der Waals surface area contributed by atoms with Gasteiger partial charge >= 0.3 is 12.0 Å². The van der Waals surface area contributed by atoms with Crippen LogP contribution in [0.5, 0.6) is 0 Å². The van der Waals surface area contributed by atoms with Crippen LogP contribution in [0.15, 0.2) is 24.5 Å². The van der Waals surface area contributed by atoms with Crippen LogP contribution in [0.4, 0.5) is 4.79 Å². The monoisotopic (exact) mass is 374 g/mol. The number of carboxylic acids is 1. The van der Waals surface area contributed by atoms with E-state index in [1.165, 1.54) is 5.56 Å². The molecule has 3 rings (SSSR count). The van der Waals surface area contributed by atoms with Crippen molar-refractivity contribution in [3.63, 3.8) is 0 Å². The second kappa shape index (κ2) is 9.17. The van der Waals surface area contributed by atoms with Gasteiger partial charge < -0.3 is 15.3 Å². The molecule has 148 valence electrons. The Balaban J connectivity index is 1.36. The number of urea groups is 1. The first-order valence-corrected chi connectivity index (χ1v) is 9.95. The van der Waals surface area contributed by atoms with Crippen LogP contribution in [0, 0.1) is 5.92 Å². The largest absolute Gasteiger partial charge is 0.480 e. The number of hydrogen-bond donors (Lipinski definition) is 2. The lowest BCUT2D eigenvalue weighted by molar-refractivity contribution is -0.139. The molecule has 0 radical (unpaired) electrons. The summed E-state index contributed by atoms with van der Waals surface area (Å²) in [6.45, 7) is 4.37. The normalized spacial score (nSPS) is 23.1. The first kappa shape index (κ1) is 19.6. The summed E-state index contributed by atoms with van der Waals surface area (Å²) in [4.78, 5) is 31.4. The minimum absolute atomic E-state index is 0.0274. The number of nitrogens with one attached hydrogen (secondary N) is 1. The molecule has 1 saturated carbocycles. The highest BCUT2D eigenvalue weighted by Crippen LogP contribution is 2.26. The van der Waals surface area contributed by atoms with E-state index in [4.69, 9.17) is 5.11 Å². The fourth-order valence-corrected chi connectivity index (χ4v) is 4.13. The molecule has 2 fully saturated rings. The Morgan fingerprint density at radius 3 is 2.67 bits per heavy atom. The summed E-state index contributed by atoms with van der Waals surface area (Å²) in [6, 6.07) is 4.54. The van der Waals surface area contributed by atoms with E-state index in [0.717, 1.165) is 51.7 Å². The number of carbonyl (C=O) groups excluding carboxylic acids is 1. The molecule has 0 bridgehead atoms. The summed E-state index contributed by atoms with van der Waals surface area (Å²) in [5, 5.41) is 12.1.